The molecule has 0 aliphatic heterocycles. The maximum absolute atomic E-state index is 3.98. The van der Waals surface area contributed by atoms with Crippen molar-refractivity contribution in [3.8, 4) is 0 Å². The molecule has 1 aliphatic carbocycles. The monoisotopic (exact) mass is 209 g/mol. The molecule has 1 rings (SSSR count). The van der Waals surface area contributed by atoms with Crippen molar-refractivity contribution >= 4 is 10.2 Å². The van der Waals surface area contributed by atoms with Crippen LogP contribution >= 0.6 is 0 Å². The minimum atomic E-state index is 0.791. The lowest BCUT2D eigenvalue weighted by Crippen LogP contribution is -2.12. The van der Waals surface area contributed by atoms with Crippen molar-refractivity contribution in [2.75, 3.05) is 0 Å². The molecule has 0 aromatic heterocycles. The van der Waals surface area contributed by atoms with Crippen molar-refractivity contribution in [1.29, 1.82) is 0 Å². The Kier molecular flexibility index (Phi) is 4.69. The summed E-state index contributed by atoms with van der Waals surface area (Å²) < 4.78 is 0. The van der Waals surface area contributed by atoms with Crippen LogP contribution in [-0.4, -0.2) is 10.2 Å². The van der Waals surface area contributed by atoms with Gasteiger partial charge in [-0.1, -0.05) is 40.5 Å². The molecular formula is C13H25Si. The van der Waals surface area contributed by atoms with Gasteiger partial charge in [-0.2, -0.15) is 0 Å². The summed E-state index contributed by atoms with van der Waals surface area (Å²) in [6, 6.07) is 0. The van der Waals surface area contributed by atoms with Gasteiger partial charge in [0.25, 0.3) is 0 Å². The summed E-state index contributed by atoms with van der Waals surface area (Å²) in [5.41, 5.74) is 0.791. The Labute approximate surface area is 93.3 Å². The Morgan fingerprint density at radius 2 is 1.29 bits per heavy atom. The fraction of sp³-hybridized carbons (Fsp3) is 1.00. The van der Waals surface area contributed by atoms with Crippen LogP contribution in [0.2, 0.25) is 5.54 Å². The van der Waals surface area contributed by atoms with Crippen LogP contribution in [0.4, 0.5) is 0 Å². The standard InChI is InChI=1S/C13H25Si/c1-9(2)7-11-5-6-12(13(11)14)8-10(3)4/h9-13H,5-8H2,1-4H3. The molecule has 1 fully saturated rings. The van der Waals surface area contributed by atoms with Crippen LogP contribution in [0.3, 0.4) is 0 Å². The molecule has 0 bridgehead atoms. The second kappa shape index (κ2) is 5.34. The first-order valence-electron chi connectivity index (χ1n) is 6.21. The van der Waals surface area contributed by atoms with Crippen molar-refractivity contribution < 1.29 is 0 Å². The third-order valence-electron chi connectivity index (χ3n) is 3.47. The lowest BCUT2D eigenvalue weighted by atomic mass is 9.91. The molecule has 1 saturated carbocycles. The van der Waals surface area contributed by atoms with Gasteiger partial charge in [0, 0.05) is 10.2 Å². The van der Waals surface area contributed by atoms with Crippen LogP contribution in [0, 0.1) is 23.7 Å². The predicted octanol–water partition coefficient (Wildman–Crippen LogP) is 4.06. The van der Waals surface area contributed by atoms with Crippen LogP contribution in [0.1, 0.15) is 53.4 Å². The molecule has 0 saturated heterocycles. The minimum absolute atomic E-state index is 0.791. The Morgan fingerprint density at radius 1 is 0.929 bits per heavy atom. The first-order chi connectivity index (χ1) is 6.50. The summed E-state index contributed by atoms with van der Waals surface area (Å²) in [5.74, 6) is 3.60. The first-order valence-corrected chi connectivity index (χ1v) is 6.79. The smallest absolute Gasteiger partial charge is 0.0273 e. The lowest BCUT2D eigenvalue weighted by Gasteiger charge is -2.23. The van der Waals surface area contributed by atoms with Crippen LogP contribution in [0.15, 0.2) is 0 Å². The fourth-order valence-corrected chi connectivity index (χ4v) is 3.52. The summed E-state index contributed by atoms with van der Waals surface area (Å²) in [7, 11) is 3.98. The molecule has 0 heterocycles. The second-order valence-corrected chi connectivity index (χ2v) is 6.55. The maximum atomic E-state index is 3.98. The quantitative estimate of drug-likeness (QED) is 0.613. The van der Waals surface area contributed by atoms with E-state index in [9.17, 15) is 0 Å². The van der Waals surface area contributed by atoms with Crippen LogP contribution in [0.25, 0.3) is 0 Å². The third-order valence-corrected chi connectivity index (χ3v) is 4.42. The molecule has 3 radical (unpaired) electrons. The zero-order valence-corrected chi connectivity index (χ0v) is 11.2. The van der Waals surface area contributed by atoms with Gasteiger partial charge in [-0.25, -0.2) is 0 Å². The fourth-order valence-electron chi connectivity index (χ4n) is 2.91. The molecule has 2 unspecified atom stereocenters. The average Bonchev–Trinajstić information content (AvgIpc) is 2.34. The van der Waals surface area contributed by atoms with E-state index in [1.54, 1.807) is 0 Å². The molecule has 81 valence electrons. The Bertz CT molecular complexity index is 145. The summed E-state index contributed by atoms with van der Waals surface area (Å²) in [4.78, 5) is 0. The highest BCUT2D eigenvalue weighted by molar-refractivity contribution is 6.12. The van der Waals surface area contributed by atoms with Gasteiger partial charge in [0.1, 0.15) is 0 Å². The van der Waals surface area contributed by atoms with E-state index >= 15 is 0 Å². The van der Waals surface area contributed by atoms with E-state index < -0.39 is 0 Å². The molecule has 0 spiro atoms. The van der Waals surface area contributed by atoms with Crippen LogP contribution < -0.4 is 0 Å². The average molecular weight is 209 g/mol. The molecule has 0 aromatic carbocycles. The number of hydrogen-bond donors (Lipinski definition) is 0. The van der Waals surface area contributed by atoms with Crippen molar-refractivity contribution in [1.82, 2.24) is 0 Å². The summed E-state index contributed by atoms with van der Waals surface area (Å²) >= 11 is 0. The van der Waals surface area contributed by atoms with Gasteiger partial charge in [0.05, 0.1) is 0 Å². The molecule has 0 N–H and O–H groups in total. The summed E-state index contributed by atoms with van der Waals surface area (Å²) in [5, 5.41) is 0. The van der Waals surface area contributed by atoms with E-state index in [1.165, 1.54) is 25.7 Å². The van der Waals surface area contributed by atoms with Crippen LogP contribution in [-0.2, 0) is 0 Å². The van der Waals surface area contributed by atoms with Crippen molar-refractivity contribution in [2.45, 2.75) is 58.9 Å². The van der Waals surface area contributed by atoms with Gasteiger partial charge in [0.15, 0.2) is 0 Å². The van der Waals surface area contributed by atoms with E-state index in [2.05, 4.69) is 37.9 Å². The van der Waals surface area contributed by atoms with E-state index in [4.69, 9.17) is 0 Å². The molecule has 14 heavy (non-hydrogen) atoms. The van der Waals surface area contributed by atoms with Gasteiger partial charge < -0.3 is 0 Å². The van der Waals surface area contributed by atoms with E-state index in [0.29, 0.717) is 0 Å². The number of rotatable bonds is 4. The summed E-state index contributed by atoms with van der Waals surface area (Å²) in [6.07, 6.45) is 5.71. The van der Waals surface area contributed by atoms with Gasteiger partial charge in [-0.05, 0) is 42.1 Å². The van der Waals surface area contributed by atoms with Gasteiger partial charge in [-0.3, -0.25) is 0 Å². The highest BCUT2D eigenvalue weighted by Gasteiger charge is 2.32. The highest BCUT2D eigenvalue weighted by atomic mass is 28.1. The molecule has 1 aliphatic rings. The molecule has 1 heteroatoms. The Balaban J connectivity index is 2.38. The molecule has 0 nitrogen and oxygen atoms in total. The zero-order chi connectivity index (χ0) is 10.7. The maximum Gasteiger partial charge on any atom is 0.0273 e. The second-order valence-electron chi connectivity index (χ2n) is 5.88. The molecule has 2 atom stereocenters. The van der Waals surface area contributed by atoms with E-state index in [1.807, 2.05) is 0 Å². The summed E-state index contributed by atoms with van der Waals surface area (Å²) in [6.45, 7) is 9.37. The van der Waals surface area contributed by atoms with Crippen molar-refractivity contribution in [3.05, 3.63) is 0 Å². The van der Waals surface area contributed by atoms with Crippen molar-refractivity contribution in [3.63, 3.8) is 0 Å². The van der Waals surface area contributed by atoms with E-state index in [0.717, 1.165) is 29.2 Å². The topological polar surface area (TPSA) is 0 Å². The molecule has 0 aromatic rings. The van der Waals surface area contributed by atoms with E-state index in [-0.39, 0.29) is 0 Å². The van der Waals surface area contributed by atoms with Gasteiger partial charge in [-0.15, -0.1) is 0 Å². The molecule has 0 amide bonds. The van der Waals surface area contributed by atoms with Gasteiger partial charge in [0.2, 0.25) is 0 Å². The minimum Gasteiger partial charge on any atom is -0.0628 e. The third kappa shape index (κ3) is 3.41. The van der Waals surface area contributed by atoms with Crippen LogP contribution in [0.5, 0.6) is 0 Å². The molecular weight excluding hydrogens is 184 g/mol. The SMILES string of the molecule is CC(C)CC1CCC(CC(C)C)C1[Si]. The largest absolute Gasteiger partial charge is 0.0628 e. The normalized spacial score (nSPS) is 33.2. The highest BCUT2D eigenvalue weighted by Crippen LogP contribution is 2.45. The lowest BCUT2D eigenvalue weighted by molar-refractivity contribution is 0.373. The van der Waals surface area contributed by atoms with Crippen molar-refractivity contribution in [2.24, 2.45) is 23.7 Å². The Hall–Kier alpha value is 0.217. The predicted molar refractivity (Wildman–Crippen MR) is 64.6 cm³/mol. The van der Waals surface area contributed by atoms with Gasteiger partial charge >= 0.3 is 0 Å². The first kappa shape index (κ1) is 12.3. The zero-order valence-electron chi connectivity index (χ0n) is 10.2. The Morgan fingerprint density at radius 3 is 1.57 bits per heavy atom. The number of hydrogen-bond acceptors (Lipinski definition) is 0.